The van der Waals surface area contributed by atoms with Gasteiger partial charge in [-0.1, -0.05) is 53.5 Å². The Labute approximate surface area is 132 Å². The van der Waals surface area contributed by atoms with E-state index in [4.69, 9.17) is 29.0 Å². The van der Waals surface area contributed by atoms with Gasteiger partial charge in [0.1, 0.15) is 0 Å². The first-order valence-electron chi connectivity index (χ1n) is 6.46. The Bertz CT molecular complexity index is 789. The summed E-state index contributed by atoms with van der Waals surface area (Å²) >= 11 is 12.0. The summed E-state index contributed by atoms with van der Waals surface area (Å²) in [5.74, 6) is 5.70. The molecule has 21 heavy (non-hydrogen) atoms. The number of pyridine rings is 1. The van der Waals surface area contributed by atoms with Crippen LogP contribution in [0.25, 0.3) is 10.9 Å². The van der Waals surface area contributed by atoms with Crippen molar-refractivity contribution >= 4 is 34.1 Å². The molecule has 1 heterocycles. The molecule has 1 atom stereocenters. The molecule has 3 rings (SSSR count). The second-order valence-corrected chi connectivity index (χ2v) is 5.52. The van der Waals surface area contributed by atoms with Crippen LogP contribution in [-0.2, 0) is 0 Å². The first-order chi connectivity index (χ1) is 10.2. The molecular formula is C16H13Cl2N3. The zero-order chi connectivity index (χ0) is 14.8. The molecule has 0 amide bonds. The molecule has 0 spiro atoms. The molecule has 0 radical (unpaired) electrons. The van der Waals surface area contributed by atoms with Gasteiger partial charge in [-0.2, -0.15) is 0 Å². The highest BCUT2D eigenvalue weighted by molar-refractivity contribution is 6.42. The number of hydrogen-bond acceptors (Lipinski definition) is 3. The standard InChI is InChI=1S/C16H13Cl2N3/c17-12-7-5-11(9-13(12)18)16(21-19)15-8-6-10-3-1-2-4-14(10)20-15/h1-9,16,21H,19H2. The fourth-order valence-electron chi connectivity index (χ4n) is 2.29. The maximum absolute atomic E-state index is 6.08. The van der Waals surface area contributed by atoms with E-state index < -0.39 is 0 Å². The van der Waals surface area contributed by atoms with E-state index in [1.165, 1.54) is 0 Å². The van der Waals surface area contributed by atoms with Crippen molar-refractivity contribution < 1.29 is 0 Å². The summed E-state index contributed by atoms with van der Waals surface area (Å²) in [4.78, 5) is 4.66. The average Bonchev–Trinajstić information content (AvgIpc) is 2.51. The SMILES string of the molecule is NNC(c1ccc(Cl)c(Cl)c1)c1ccc2ccccc2n1. The van der Waals surface area contributed by atoms with E-state index in [2.05, 4.69) is 10.4 Å². The van der Waals surface area contributed by atoms with Gasteiger partial charge in [0.05, 0.1) is 27.3 Å². The van der Waals surface area contributed by atoms with Crippen LogP contribution in [0.15, 0.2) is 54.6 Å². The summed E-state index contributed by atoms with van der Waals surface area (Å²) < 4.78 is 0. The summed E-state index contributed by atoms with van der Waals surface area (Å²) in [6.07, 6.45) is 0. The third kappa shape index (κ3) is 2.87. The second-order valence-electron chi connectivity index (χ2n) is 4.70. The lowest BCUT2D eigenvalue weighted by Gasteiger charge is -2.17. The summed E-state index contributed by atoms with van der Waals surface area (Å²) in [5.41, 5.74) is 5.45. The van der Waals surface area contributed by atoms with Crippen LogP contribution in [0.5, 0.6) is 0 Å². The van der Waals surface area contributed by atoms with E-state index in [-0.39, 0.29) is 6.04 Å². The third-order valence-corrected chi connectivity index (χ3v) is 4.10. The zero-order valence-corrected chi connectivity index (χ0v) is 12.6. The van der Waals surface area contributed by atoms with Crippen LogP contribution in [0, 0.1) is 0 Å². The van der Waals surface area contributed by atoms with Crippen LogP contribution in [0.4, 0.5) is 0 Å². The van der Waals surface area contributed by atoms with E-state index in [1.807, 2.05) is 42.5 Å². The maximum atomic E-state index is 6.08. The van der Waals surface area contributed by atoms with Crippen molar-refractivity contribution in [2.45, 2.75) is 6.04 Å². The van der Waals surface area contributed by atoms with Crippen LogP contribution in [0.2, 0.25) is 10.0 Å². The summed E-state index contributed by atoms with van der Waals surface area (Å²) in [6.45, 7) is 0. The highest BCUT2D eigenvalue weighted by Crippen LogP contribution is 2.28. The van der Waals surface area contributed by atoms with Crippen molar-refractivity contribution in [2.24, 2.45) is 5.84 Å². The van der Waals surface area contributed by atoms with Crippen LogP contribution < -0.4 is 11.3 Å². The highest BCUT2D eigenvalue weighted by Gasteiger charge is 2.15. The van der Waals surface area contributed by atoms with Gasteiger partial charge in [0.25, 0.3) is 0 Å². The number of nitrogens with two attached hydrogens (primary N) is 1. The Morgan fingerprint density at radius 2 is 1.76 bits per heavy atom. The van der Waals surface area contributed by atoms with Gasteiger partial charge in [0.2, 0.25) is 0 Å². The summed E-state index contributed by atoms with van der Waals surface area (Å²) in [6, 6.07) is 17.1. The van der Waals surface area contributed by atoms with Crippen LogP contribution in [0.1, 0.15) is 17.3 Å². The summed E-state index contributed by atoms with van der Waals surface area (Å²) in [5, 5.41) is 2.10. The van der Waals surface area contributed by atoms with Gasteiger partial charge in [0, 0.05) is 5.39 Å². The highest BCUT2D eigenvalue weighted by atomic mass is 35.5. The number of para-hydroxylation sites is 1. The molecule has 0 bridgehead atoms. The Morgan fingerprint density at radius 3 is 2.52 bits per heavy atom. The number of hydrogen-bond donors (Lipinski definition) is 2. The molecule has 5 heteroatoms. The molecule has 2 aromatic carbocycles. The molecule has 0 aliphatic carbocycles. The normalized spacial score (nSPS) is 12.5. The smallest absolute Gasteiger partial charge is 0.0882 e. The van der Waals surface area contributed by atoms with Crippen molar-refractivity contribution in [1.29, 1.82) is 0 Å². The number of aromatic nitrogens is 1. The minimum Gasteiger partial charge on any atom is -0.271 e. The van der Waals surface area contributed by atoms with Gasteiger partial charge in [-0.3, -0.25) is 10.8 Å². The predicted octanol–water partition coefficient (Wildman–Crippen LogP) is 4.09. The quantitative estimate of drug-likeness (QED) is 0.565. The Morgan fingerprint density at radius 1 is 0.952 bits per heavy atom. The van der Waals surface area contributed by atoms with Crippen molar-refractivity contribution in [1.82, 2.24) is 10.4 Å². The average molecular weight is 318 g/mol. The van der Waals surface area contributed by atoms with Crippen LogP contribution >= 0.6 is 23.2 Å². The van der Waals surface area contributed by atoms with Gasteiger partial charge >= 0.3 is 0 Å². The van der Waals surface area contributed by atoms with E-state index >= 15 is 0 Å². The third-order valence-electron chi connectivity index (χ3n) is 3.36. The lowest BCUT2D eigenvalue weighted by molar-refractivity contribution is 0.623. The number of nitrogens with one attached hydrogen (secondary N) is 1. The number of halogens is 2. The monoisotopic (exact) mass is 317 g/mol. The number of fused-ring (bicyclic) bond motifs is 1. The molecule has 3 N–H and O–H groups in total. The van der Waals surface area contributed by atoms with Gasteiger partial charge in [-0.05, 0) is 29.8 Å². The molecule has 3 nitrogen and oxygen atoms in total. The molecule has 0 aliphatic heterocycles. The molecule has 1 aromatic heterocycles. The van der Waals surface area contributed by atoms with Gasteiger partial charge in [-0.25, -0.2) is 5.43 Å². The van der Waals surface area contributed by atoms with Crippen molar-refractivity contribution in [3.05, 3.63) is 75.9 Å². The number of nitrogens with zero attached hydrogens (tertiary/aromatic N) is 1. The number of hydrazine groups is 1. The van der Waals surface area contributed by atoms with Crippen molar-refractivity contribution in [3.63, 3.8) is 0 Å². The van der Waals surface area contributed by atoms with Gasteiger partial charge in [-0.15, -0.1) is 0 Å². The lowest BCUT2D eigenvalue weighted by Crippen LogP contribution is -2.29. The lowest BCUT2D eigenvalue weighted by atomic mass is 10.0. The first kappa shape index (κ1) is 14.3. The number of rotatable bonds is 3. The Balaban J connectivity index is 2.06. The Hall–Kier alpha value is -1.65. The molecule has 0 fully saturated rings. The molecule has 3 aromatic rings. The van der Waals surface area contributed by atoms with E-state index in [0.717, 1.165) is 22.2 Å². The first-order valence-corrected chi connectivity index (χ1v) is 7.21. The van der Waals surface area contributed by atoms with Gasteiger partial charge in [0.15, 0.2) is 0 Å². The topological polar surface area (TPSA) is 50.9 Å². The fraction of sp³-hybridized carbons (Fsp3) is 0.0625. The van der Waals surface area contributed by atoms with Crippen molar-refractivity contribution in [3.8, 4) is 0 Å². The maximum Gasteiger partial charge on any atom is 0.0882 e. The molecule has 0 saturated heterocycles. The van der Waals surface area contributed by atoms with Gasteiger partial charge < -0.3 is 0 Å². The Kier molecular flexibility index (Phi) is 4.08. The van der Waals surface area contributed by atoms with Crippen molar-refractivity contribution in [2.75, 3.05) is 0 Å². The molecule has 106 valence electrons. The zero-order valence-electron chi connectivity index (χ0n) is 11.1. The molecular weight excluding hydrogens is 305 g/mol. The molecule has 0 saturated carbocycles. The fourth-order valence-corrected chi connectivity index (χ4v) is 2.59. The largest absolute Gasteiger partial charge is 0.271 e. The minimum atomic E-state index is -0.246. The van der Waals surface area contributed by atoms with E-state index in [1.54, 1.807) is 12.1 Å². The molecule has 0 aliphatic rings. The number of benzene rings is 2. The minimum absolute atomic E-state index is 0.246. The summed E-state index contributed by atoms with van der Waals surface area (Å²) in [7, 11) is 0. The van der Waals surface area contributed by atoms with Crippen LogP contribution in [0.3, 0.4) is 0 Å². The predicted molar refractivity (Wildman–Crippen MR) is 87.4 cm³/mol. The van der Waals surface area contributed by atoms with Crippen LogP contribution in [-0.4, -0.2) is 4.98 Å². The molecule has 1 unspecified atom stereocenters. The second kappa shape index (κ2) is 6.00. The van der Waals surface area contributed by atoms with E-state index in [9.17, 15) is 0 Å². The van der Waals surface area contributed by atoms with E-state index in [0.29, 0.717) is 10.0 Å².